The maximum atomic E-state index is 9.44. The van der Waals surface area contributed by atoms with Crippen LogP contribution in [-0.4, -0.2) is 41.6 Å². The van der Waals surface area contributed by atoms with Crippen molar-refractivity contribution >= 4 is 11.6 Å². The van der Waals surface area contributed by atoms with Crippen molar-refractivity contribution in [2.75, 3.05) is 25.5 Å². The van der Waals surface area contributed by atoms with Crippen LogP contribution in [0.1, 0.15) is 32.6 Å². The molecule has 1 aliphatic rings. The number of halogens is 1. The quantitative estimate of drug-likeness (QED) is 0.547. The van der Waals surface area contributed by atoms with Gasteiger partial charge >= 0.3 is 0 Å². The van der Waals surface area contributed by atoms with Gasteiger partial charge in [0.1, 0.15) is 0 Å². The Balaban J connectivity index is 2.04. The van der Waals surface area contributed by atoms with Crippen LogP contribution in [-0.2, 0) is 0 Å². The van der Waals surface area contributed by atoms with Gasteiger partial charge in [0.05, 0.1) is 6.10 Å². The Hall–Kier alpha value is 0.210. The molecule has 1 saturated heterocycles. The largest absolute Gasteiger partial charge is 0.393 e. The number of alkyl halides is 1. The maximum absolute atomic E-state index is 9.44. The first-order valence-corrected chi connectivity index (χ1v) is 6.24. The zero-order valence-electron chi connectivity index (χ0n) is 9.08. The Morgan fingerprint density at radius 3 is 2.79 bits per heavy atom. The predicted octanol–water partition coefficient (Wildman–Crippen LogP) is 2.10. The standard InChI is InChI=1S/C11H22ClNO/c1-10(14)11-5-8-13(9-11)7-4-2-3-6-12/h10-11,14H,2-9H2,1H3. The van der Waals surface area contributed by atoms with E-state index in [2.05, 4.69) is 4.90 Å². The molecule has 0 bridgehead atoms. The lowest BCUT2D eigenvalue weighted by molar-refractivity contribution is 0.127. The van der Waals surface area contributed by atoms with Gasteiger partial charge in [0, 0.05) is 12.4 Å². The average molecular weight is 220 g/mol. The molecule has 0 aromatic heterocycles. The van der Waals surface area contributed by atoms with E-state index in [1.165, 1.54) is 19.4 Å². The summed E-state index contributed by atoms with van der Waals surface area (Å²) in [6, 6.07) is 0. The van der Waals surface area contributed by atoms with E-state index in [-0.39, 0.29) is 6.10 Å². The highest BCUT2D eigenvalue weighted by molar-refractivity contribution is 6.17. The van der Waals surface area contributed by atoms with Gasteiger partial charge < -0.3 is 10.0 Å². The number of likely N-dealkylation sites (tertiary alicyclic amines) is 1. The highest BCUT2D eigenvalue weighted by atomic mass is 35.5. The molecule has 0 aromatic carbocycles. The summed E-state index contributed by atoms with van der Waals surface area (Å²) in [5, 5.41) is 9.44. The molecule has 1 heterocycles. The molecule has 14 heavy (non-hydrogen) atoms. The minimum absolute atomic E-state index is 0.136. The van der Waals surface area contributed by atoms with Crippen molar-refractivity contribution in [2.45, 2.75) is 38.7 Å². The molecule has 0 amide bonds. The monoisotopic (exact) mass is 219 g/mol. The van der Waals surface area contributed by atoms with Crippen LogP contribution in [0.4, 0.5) is 0 Å². The Kier molecular flexibility index (Phi) is 5.83. The van der Waals surface area contributed by atoms with Gasteiger partial charge in [0.2, 0.25) is 0 Å². The SMILES string of the molecule is CC(O)C1CCN(CCCCCCl)C1. The molecule has 84 valence electrons. The number of aliphatic hydroxyl groups excluding tert-OH is 1. The van der Waals surface area contributed by atoms with Crippen LogP contribution in [0.3, 0.4) is 0 Å². The van der Waals surface area contributed by atoms with Gasteiger partial charge in [-0.1, -0.05) is 6.42 Å². The van der Waals surface area contributed by atoms with E-state index in [1.807, 2.05) is 6.92 Å². The van der Waals surface area contributed by atoms with Gasteiger partial charge in [-0.3, -0.25) is 0 Å². The van der Waals surface area contributed by atoms with E-state index in [0.717, 1.165) is 31.8 Å². The van der Waals surface area contributed by atoms with Gasteiger partial charge in [0.15, 0.2) is 0 Å². The number of hydrogen-bond acceptors (Lipinski definition) is 2. The van der Waals surface area contributed by atoms with Crippen LogP contribution in [0.15, 0.2) is 0 Å². The summed E-state index contributed by atoms with van der Waals surface area (Å²) in [6.07, 6.45) is 4.64. The summed E-state index contributed by atoms with van der Waals surface area (Å²) in [7, 11) is 0. The summed E-state index contributed by atoms with van der Waals surface area (Å²) >= 11 is 5.62. The fourth-order valence-electron chi connectivity index (χ4n) is 2.07. The van der Waals surface area contributed by atoms with Crippen LogP contribution in [0, 0.1) is 5.92 Å². The maximum Gasteiger partial charge on any atom is 0.0552 e. The number of unbranched alkanes of at least 4 members (excludes halogenated alkanes) is 2. The lowest BCUT2D eigenvalue weighted by Crippen LogP contribution is -2.25. The molecule has 0 saturated carbocycles. The zero-order valence-corrected chi connectivity index (χ0v) is 9.84. The third-order valence-electron chi connectivity index (χ3n) is 3.10. The van der Waals surface area contributed by atoms with Crippen molar-refractivity contribution in [3.05, 3.63) is 0 Å². The van der Waals surface area contributed by atoms with Crippen LogP contribution >= 0.6 is 11.6 Å². The first-order chi connectivity index (χ1) is 6.74. The van der Waals surface area contributed by atoms with Crippen molar-refractivity contribution in [1.82, 2.24) is 4.90 Å². The van der Waals surface area contributed by atoms with Crippen molar-refractivity contribution in [3.63, 3.8) is 0 Å². The summed E-state index contributed by atoms with van der Waals surface area (Å²) in [4.78, 5) is 2.46. The van der Waals surface area contributed by atoms with Crippen molar-refractivity contribution in [3.8, 4) is 0 Å². The molecule has 1 fully saturated rings. The summed E-state index contributed by atoms with van der Waals surface area (Å²) in [6.45, 7) is 5.33. The van der Waals surface area contributed by atoms with Crippen LogP contribution in [0.5, 0.6) is 0 Å². The Labute approximate surface area is 92.2 Å². The summed E-state index contributed by atoms with van der Waals surface area (Å²) in [5.41, 5.74) is 0. The molecule has 2 nitrogen and oxygen atoms in total. The first-order valence-electron chi connectivity index (χ1n) is 5.70. The highest BCUT2D eigenvalue weighted by Crippen LogP contribution is 2.19. The number of hydrogen-bond donors (Lipinski definition) is 1. The molecule has 2 unspecified atom stereocenters. The average Bonchev–Trinajstić information content (AvgIpc) is 2.61. The molecule has 2 atom stereocenters. The van der Waals surface area contributed by atoms with Crippen molar-refractivity contribution < 1.29 is 5.11 Å². The second-order valence-electron chi connectivity index (χ2n) is 4.34. The second-order valence-corrected chi connectivity index (χ2v) is 4.72. The Bertz CT molecular complexity index is 152. The third kappa shape index (κ3) is 4.16. The molecular formula is C11H22ClNO. The first kappa shape index (κ1) is 12.3. The normalized spacial score (nSPS) is 25.5. The van der Waals surface area contributed by atoms with E-state index in [9.17, 15) is 5.11 Å². The number of rotatable bonds is 6. The lowest BCUT2D eigenvalue weighted by atomic mass is 10.0. The van der Waals surface area contributed by atoms with Gasteiger partial charge in [0.25, 0.3) is 0 Å². The molecule has 1 rings (SSSR count). The molecule has 1 aliphatic heterocycles. The second kappa shape index (κ2) is 6.65. The van der Waals surface area contributed by atoms with Crippen molar-refractivity contribution in [2.24, 2.45) is 5.92 Å². The van der Waals surface area contributed by atoms with Gasteiger partial charge in [-0.2, -0.15) is 0 Å². The minimum Gasteiger partial charge on any atom is -0.393 e. The number of aliphatic hydroxyl groups is 1. The van der Waals surface area contributed by atoms with E-state index in [4.69, 9.17) is 11.6 Å². The fraction of sp³-hybridized carbons (Fsp3) is 1.00. The van der Waals surface area contributed by atoms with Crippen molar-refractivity contribution in [1.29, 1.82) is 0 Å². The van der Waals surface area contributed by atoms with Crippen LogP contribution < -0.4 is 0 Å². The van der Waals surface area contributed by atoms with E-state index in [1.54, 1.807) is 0 Å². The van der Waals surface area contributed by atoms with E-state index in [0.29, 0.717) is 5.92 Å². The Morgan fingerprint density at radius 1 is 1.43 bits per heavy atom. The molecule has 0 spiro atoms. The zero-order chi connectivity index (χ0) is 10.4. The van der Waals surface area contributed by atoms with E-state index < -0.39 is 0 Å². The van der Waals surface area contributed by atoms with Crippen LogP contribution in [0.2, 0.25) is 0 Å². The van der Waals surface area contributed by atoms with Gasteiger partial charge in [-0.25, -0.2) is 0 Å². The molecule has 0 aliphatic carbocycles. The predicted molar refractivity (Wildman–Crippen MR) is 60.8 cm³/mol. The smallest absolute Gasteiger partial charge is 0.0552 e. The summed E-state index contributed by atoms with van der Waals surface area (Å²) < 4.78 is 0. The molecule has 0 radical (unpaired) electrons. The topological polar surface area (TPSA) is 23.5 Å². The molecule has 3 heteroatoms. The fourth-order valence-corrected chi connectivity index (χ4v) is 2.26. The molecule has 1 N–H and O–H groups in total. The lowest BCUT2D eigenvalue weighted by Gasteiger charge is -2.16. The van der Waals surface area contributed by atoms with Gasteiger partial charge in [-0.05, 0) is 45.2 Å². The van der Waals surface area contributed by atoms with Crippen LogP contribution in [0.25, 0.3) is 0 Å². The molecule has 0 aromatic rings. The highest BCUT2D eigenvalue weighted by Gasteiger charge is 2.25. The van der Waals surface area contributed by atoms with Gasteiger partial charge in [-0.15, -0.1) is 11.6 Å². The van der Waals surface area contributed by atoms with E-state index >= 15 is 0 Å². The summed E-state index contributed by atoms with van der Waals surface area (Å²) in [5.74, 6) is 1.29. The minimum atomic E-state index is -0.136. The Morgan fingerprint density at radius 2 is 2.21 bits per heavy atom. The third-order valence-corrected chi connectivity index (χ3v) is 3.37. The number of nitrogens with zero attached hydrogens (tertiary/aromatic N) is 1. The molecular weight excluding hydrogens is 198 g/mol.